The van der Waals surface area contributed by atoms with E-state index in [9.17, 15) is 19.5 Å². The Kier molecular flexibility index (Phi) is 4.66. The molecule has 5 nitrogen and oxygen atoms in total. The average Bonchev–Trinajstić information content (AvgIpc) is 2.84. The van der Waals surface area contributed by atoms with Crippen molar-refractivity contribution in [3.63, 3.8) is 0 Å². The lowest BCUT2D eigenvalue weighted by Gasteiger charge is -2.22. The first-order chi connectivity index (χ1) is 11.6. The quantitative estimate of drug-likeness (QED) is 0.818. The highest BCUT2D eigenvalue weighted by Crippen LogP contribution is 2.26. The van der Waals surface area contributed by atoms with Crippen LogP contribution in [-0.4, -0.2) is 39.6 Å². The Bertz CT molecular complexity index is 756. The third kappa shape index (κ3) is 3.05. The molecule has 0 spiro atoms. The van der Waals surface area contributed by atoms with Crippen molar-refractivity contribution < 1.29 is 19.5 Å². The summed E-state index contributed by atoms with van der Waals surface area (Å²) in [6.45, 7) is 0. The fourth-order valence-corrected chi connectivity index (χ4v) is 3.67. The van der Waals surface area contributed by atoms with E-state index in [2.05, 4.69) is 0 Å². The highest BCUT2D eigenvalue weighted by molar-refractivity contribution is 7.98. The topological polar surface area (TPSA) is 74.7 Å². The van der Waals surface area contributed by atoms with Gasteiger partial charge in [-0.3, -0.25) is 14.5 Å². The Hall–Kier alpha value is -2.60. The summed E-state index contributed by atoms with van der Waals surface area (Å²) in [6.07, 6.45) is 0. The molecule has 1 N–H and O–H groups in total. The van der Waals surface area contributed by atoms with E-state index in [1.807, 2.05) is 30.3 Å². The first kappa shape index (κ1) is 16.3. The molecule has 2 amide bonds. The number of hydrogen-bond acceptors (Lipinski definition) is 4. The highest BCUT2D eigenvalue weighted by atomic mass is 32.2. The van der Waals surface area contributed by atoms with Gasteiger partial charge in [0.05, 0.1) is 11.1 Å². The van der Waals surface area contributed by atoms with Crippen LogP contribution in [-0.2, 0) is 10.5 Å². The second kappa shape index (κ2) is 6.88. The number of thioether (sulfide) groups is 1. The molecular formula is C18H15NO4S. The Morgan fingerprint density at radius 2 is 1.50 bits per heavy atom. The molecule has 0 radical (unpaired) electrons. The number of carboxylic acids is 1. The van der Waals surface area contributed by atoms with Gasteiger partial charge in [0.2, 0.25) is 0 Å². The lowest BCUT2D eigenvalue weighted by Crippen LogP contribution is -2.46. The van der Waals surface area contributed by atoms with E-state index < -0.39 is 23.8 Å². The van der Waals surface area contributed by atoms with Crippen LogP contribution in [0.5, 0.6) is 0 Å². The number of benzene rings is 2. The monoisotopic (exact) mass is 341 g/mol. The van der Waals surface area contributed by atoms with E-state index in [1.165, 1.54) is 11.8 Å². The number of amides is 2. The van der Waals surface area contributed by atoms with E-state index in [0.29, 0.717) is 5.75 Å². The maximum absolute atomic E-state index is 12.4. The van der Waals surface area contributed by atoms with E-state index in [0.717, 1.165) is 10.5 Å². The van der Waals surface area contributed by atoms with Gasteiger partial charge in [-0.05, 0) is 17.7 Å². The zero-order valence-electron chi connectivity index (χ0n) is 12.7. The second-order valence-corrected chi connectivity index (χ2v) is 6.41. The Morgan fingerprint density at radius 1 is 0.958 bits per heavy atom. The van der Waals surface area contributed by atoms with Crippen molar-refractivity contribution in [3.05, 3.63) is 71.3 Å². The molecule has 0 bridgehead atoms. The summed E-state index contributed by atoms with van der Waals surface area (Å²) in [5.74, 6) is -1.49. The van der Waals surface area contributed by atoms with E-state index in [1.54, 1.807) is 24.3 Å². The number of imide groups is 1. The Balaban J connectivity index is 1.74. The van der Waals surface area contributed by atoms with Crippen LogP contribution in [0.15, 0.2) is 54.6 Å². The number of carbonyl (C=O) groups excluding carboxylic acids is 2. The first-order valence-corrected chi connectivity index (χ1v) is 8.56. The molecule has 1 atom stereocenters. The minimum absolute atomic E-state index is 0.149. The van der Waals surface area contributed by atoms with Crippen LogP contribution in [0.4, 0.5) is 0 Å². The van der Waals surface area contributed by atoms with Gasteiger partial charge in [0, 0.05) is 11.5 Å². The third-order valence-electron chi connectivity index (χ3n) is 3.81. The van der Waals surface area contributed by atoms with Crippen molar-refractivity contribution in [2.75, 3.05) is 5.75 Å². The number of carbonyl (C=O) groups is 3. The fourth-order valence-electron chi connectivity index (χ4n) is 2.61. The molecule has 1 aliphatic heterocycles. The molecule has 122 valence electrons. The Labute approximate surface area is 143 Å². The maximum atomic E-state index is 12.4. The zero-order chi connectivity index (χ0) is 17.1. The number of fused-ring (bicyclic) bond motifs is 1. The van der Waals surface area contributed by atoms with Crippen molar-refractivity contribution in [1.29, 1.82) is 0 Å². The largest absolute Gasteiger partial charge is 0.480 e. The van der Waals surface area contributed by atoms with Gasteiger partial charge in [0.25, 0.3) is 11.8 Å². The minimum atomic E-state index is -1.18. The predicted octanol–water partition coefficient (Wildman–Crippen LogP) is 2.67. The molecule has 0 unspecified atom stereocenters. The van der Waals surface area contributed by atoms with Crippen molar-refractivity contribution in [1.82, 2.24) is 4.90 Å². The van der Waals surface area contributed by atoms with E-state index in [-0.39, 0.29) is 16.9 Å². The molecule has 6 heteroatoms. The summed E-state index contributed by atoms with van der Waals surface area (Å²) < 4.78 is 0. The Morgan fingerprint density at radius 3 is 2.04 bits per heavy atom. The van der Waals surface area contributed by atoms with Crippen LogP contribution < -0.4 is 0 Å². The molecule has 0 aromatic heterocycles. The highest BCUT2D eigenvalue weighted by Gasteiger charge is 2.42. The van der Waals surface area contributed by atoms with Crippen LogP contribution in [0, 0.1) is 0 Å². The molecule has 24 heavy (non-hydrogen) atoms. The number of carboxylic acid groups (broad SMARTS) is 1. The summed E-state index contributed by atoms with van der Waals surface area (Å²) in [5, 5.41) is 9.49. The summed E-state index contributed by atoms with van der Waals surface area (Å²) in [4.78, 5) is 37.3. The van der Waals surface area contributed by atoms with E-state index in [4.69, 9.17) is 0 Å². The second-order valence-electron chi connectivity index (χ2n) is 5.38. The lowest BCUT2D eigenvalue weighted by molar-refractivity contribution is -0.140. The molecule has 0 fully saturated rings. The van der Waals surface area contributed by atoms with Gasteiger partial charge in [0.1, 0.15) is 6.04 Å². The van der Waals surface area contributed by atoms with E-state index >= 15 is 0 Å². The zero-order valence-corrected chi connectivity index (χ0v) is 13.5. The third-order valence-corrected chi connectivity index (χ3v) is 4.90. The van der Waals surface area contributed by atoms with Crippen LogP contribution in [0.25, 0.3) is 0 Å². The number of rotatable bonds is 6. The van der Waals surface area contributed by atoms with Gasteiger partial charge in [0.15, 0.2) is 0 Å². The van der Waals surface area contributed by atoms with Crippen LogP contribution in [0.2, 0.25) is 0 Å². The van der Waals surface area contributed by atoms with Gasteiger partial charge in [-0.15, -0.1) is 0 Å². The van der Waals surface area contributed by atoms with Crippen LogP contribution >= 0.6 is 11.8 Å². The fraction of sp³-hybridized carbons (Fsp3) is 0.167. The van der Waals surface area contributed by atoms with Crippen molar-refractivity contribution in [2.24, 2.45) is 0 Å². The molecule has 1 aliphatic rings. The molecule has 2 aromatic carbocycles. The number of aliphatic carboxylic acids is 1. The van der Waals surface area contributed by atoms with Crippen molar-refractivity contribution in [3.8, 4) is 0 Å². The van der Waals surface area contributed by atoms with Crippen molar-refractivity contribution >= 4 is 29.5 Å². The molecule has 3 rings (SSSR count). The average molecular weight is 341 g/mol. The van der Waals surface area contributed by atoms with Gasteiger partial charge in [-0.2, -0.15) is 11.8 Å². The normalized spacial score (nSPS) is 14.6. The van der Waals surface area contributed by atoms with Gasteiger partial charge < -0.3 is 5.11 Å². The number of nitrogens with zero attached hydrogens (tertiary/aromatic N) is 1. The summed E-state index contributed by atoms with van der Waals surface area (Å²) >= 11 is 1.39. The van der Waals surface area contributed by atoms with Crippen molar-refractivity contribution in [2.45, 2.75) is 11.8 Å². The van der Waals surface area contributed by atoms with Gasteiger partial charge >= 0.3 is 5.97 Å². The van der Waals surface area contributed by atoms with Crippen LogP contribution in [0.1, 0.15) is 26.3 Å². The summed E-state index contributed by atoms with van der Waals surface area (Å²) in [6, 6.07) is 14.9. The SMILES string of the molecule is O=C(O)[C@@H](CSCc1ccccc1)N1C(=O)c2ccccc2C1=O. The molecule has 0 saturated carbocycles. The molecule has 0 saturated heterocycles. The lowest BCUT2D eigenvalue weighted by atomic mass is 10.1. The summed E-state index contributed by atoms with van der Waals surface area (Å²) in [5.41, 5.74) is 1.60. The van der Waals surface area contributed by atoms with Gasteiger partial charge in [-0.1, -0.05) is 42.5 Å². The van der Waals surface area contributed by atoms with Crippen LogP contribution in [0.3, 0.4) is 0 Å². The molecule has 0 aliphatic carbocycles. The van der Waals surface area contributed by atoms with Gasteiger partial charge in [-0.25, -0.2) is 4.79 Å². The molecule has 2 aromatic rings. The number of hydrogen-bond donors (Lipinski definition) is 1. The molecule has 1 heterocycles. The predicted molar refractivity (Wildman–Crippen MR) is 91.0 cm³/mol. The standard InChI is InChI=1S/C18H15NO4S/c20-16-13-8-4-5-9-14(13)17(21)19(16)15(18(22)23)11-24-10-12-6-2-1-3-7-12/h1-9,15H,10-11H2,(H,22,23)/t15-/m1/s1. The molecular weight excluding hydrogens is 326 g/mol. The maximum Gasteiger partial charge on any atom is 0.327 e. The summed E-state index contributed by atoms with van der Waals surface area (Å²) in [7, 11) is 0. The smallest absolute Gasteiger partial charge is 0.327 e. The minimum Gasteiger partial charge on any atom is -0.480 e. The first-order valence-electron chi connectivity index (χ1n) is 7.41.